The zero-order valence-electron chi connectivity index (χ0n) is 19.1. The van der Waals surface area contributed by atoms with Gasteiger partial charge < -0.3 is 24.4 Å². The number of anilines is 1. The van der Waals surface area contributed by atoms with E-state index in [-0.39, 0.29) is 18.4 Å². The number of nitrogens with zero attached hydrogens (tertiary/aromatic N) is 1. The summed E-state index contributed by atoms with van der Waals surface area (Å²) in [5.41, 5.74) is 3.38. The van der Waals surface area contributed by atoms with Gasteiger partial charge in [-0.15, -0.1) is 0 Å². The minimum Gasteiger partial charge on any atom is -0.497 e. The molecule has 1 saturated heterocycles. The van der Waals surface area contributed by atoms with E-state index in [9.17, 15) is 9.59 Å². The Morgan fingerprint density at radius 3 is 2.41 bits per heavy atom. The van der Waals surface area contributed by atoms with E-state index in [0.29, 0.717) is 43.5 Å². The molecule has 0 unspecified atom stereocenters. The third kappa shape index (κ3) is 6.31. The van der Waals surface area contributed by atoms with Gasteiger partial charge in [0.05, 0.1) is 20.3 Å². The van der Waals surface area contributed by atoms with Gasteiger partial charge in [-0.3, -0.25) is 9.59 Å². The van der Waals surface area contributed by atoms with Crippen LogP contribution in [0.5, 0.6) is 5.75 Å². The highest BCUT2D eigenvalue weighted by Gasteiger charge is 2.25. The highest BCUT2D eigenvalue weighted by molar-refractivity contribution is 5.98. The Kier molecular flexibility index (Phi) is 8.64. The summed E-state index contributed by atoms with van der Waals surface area (Å²) >= 11 is 0. The lowest BCUT2D eigenvalue weighted by Gasteiger charge is -2.32. The molecule has 32 heavy (non-hydrogen) atoms. The number of carbonyl (C=O) groups excluding carboxylic acids is 2. The number of amides is 2. The molecule has 2 aromatic carbocycles. The summed E-state index contributed by atoms with van der Waals surface area (Å²) in [5, 5.41) is 2.84. The number of hydrogen-bond donors (Lipinski definition) is 1. The van der Waals surface area contributed by atoms with Crippen LogP contribution in [0.15, 0.2) is 42.5 Å². The highest BCUT2D eigenvalue weighted by atomic mass is 16.5. The van der Waals surface area contributed by atoms with Crippen molar-refractivity contribution in [3.8, 4) is 5.75 Å². The maximum atomic E-state index is 13.1. The van der Waals surface area contributed by atoms with E-state index in [1.807, 2.05) is 36.1 Å². The average Bonchev–Trinajstić information content (AvgIpc) is 2.83. The summed E-state index contributed by atoms with van der Waals surface area (Å²) in [5.74, 6) is 1.03. The van der Waals surface area contributed by atoms with Crippen LogP contribution < -0.4 is 10.1 Å². The number of rotatable bonds is 9. The summed E-state index contributed by atoms with van der Waals surface area (Å²) in [6.45, 7) is 4.05. The second kappa shape index (κ2) is 11.6. The highest BCUT2D eigenvalue weighted by Crippen LogP contribution is 2.30. The SMILES string of the molecule is COCCOCC(=O)Nc1cc(C(=O)N2CCC(c3ccc(OC)cc3)CC2)ccc1C. The molecule has 1 N–H and O–H groups in total. The number of aryl methyl sites for hydroxylation is 1. The molecule has 1 aliphatic heterocycles. The number of likely N-dealkylation sites (tertiary alicyclic amines) is 1. The Morgan fingerprint density at radius 1 is 1.03 bits per heavy atom. The Morgan fingerprint density at radius 2 is 1.75 bits per heavy atom. The molecule has 172 valence electrons. The van der Waals surface area contributed by atoms with E-state index in [0.717, 1.165) is 24.2 Å². The number of benzene rings is 2. The van der Waals surface area contributed by atoms with Crippen LogP contribution in [0, 0.1) is 6.92 Å². The molecule has 7 nitrogen and oxygen atoms in total. The predicted molar refractivity (Wildman–Crippen MR) is 123 cm³/mol. The van der Waals surface area contributed by atoms with Gasteiger partial charge in [0, 0.05) is 31.5 Å². The van der Waals surface area contributed by atoms with Crippen LogP contribution in [0.4, 0.5) is 5.69 Å². The number of carbonyl (C=O) groups is 2. The lowest BCUT2D eigenvalue weighted by molar-refractivity contribution is -0.121. The second-order valence-electron chi connectivity index (χ2n) is 7.96. The molecular formula is C25H32N2O5. The molecule has 7 heteroatoms. The van der Waals surface area contributed by atoms with Crippen LogP contribution in [0.25, 0.3) is 0 Å². The molecule has 1 aliphatic rings. The van der Waals surface area contributed by atoms with Crippen molar-refractivity contribution in [1.29, 1.82) is 0 Å². The molecule has 2 amide bonds. The van der Waals surface area contributed by atoms with Gasteiger partial charge >= 0.3 is 0 Å². The van der Waals surface area contributed by atoms with Gasteiger partial charge in [-0.2, -0.15) is 0 Å². The first-order valence-corrected chi connectivity index (χ1v) is 10.9. The first-order valence-electron chi connectivity index (χ1n) is 10.9. The van der Waals surface area contributed by atoms with Gasteiger partial charge in [0.15, 0.2) is 0 Å². The van der Waals surface area contributed by atoms with E-state index in [4.69, 9.17) is 14.2 Å². The molecule has 0 spiro atoms. The van der Waals surface area contributed by atoms with Crippen molar-refractivity contribution in [3.63, 3.8) is 0 Å². The molecule has 1 fully saturated rings. The summed E-state index contributed by atoms with van der Waals surface area (Å²) in [6.07, 6.45) is 1.85. The largest absolute Gasteiger partial charge is 0.497 e. The minimum atomic E-state index is -0.255. The van der Waals surface area contributed by atoms with Gasteiger partial charge in [-0.1, -0.05) is 18.2 Å². The van der Waals surface area contributed by atoms with Crippen molar-refractivity contribution in [2.45, 2.75) is 25.7 Å². The molecule has 0 aliphatic carbocycles. The van der Waals surface area contributed by atoms with Gasteiger partial charge in [0.1, 0.15) is 12.4 Å². The molecule has 3 rings (SSSR count). The molecule has 0 radical (unpaired) electrons. The Balaban J connectivity index is 1.57. The zero-order chi connectivity index (χ0) is 22.9. The Labute approximate surface area is 189 Å². The summed E-state index contributed by atoms with van der Waals surface area (Å²) in [4.78, 5) is 27.1. The normalized spacial score (nSPS) is 14.3. The van der Waals surface area contributed by atoms with Gasteiger partial charge in [0.2, 0.25) is 5.91 Å². The van der Waals surface area contributed by atoms with Gasteiger partial charge in [0.25, 0.3) is 5.91 Å². The number of piperidine rings is 1. The van der Waals surface area contributed by atoms with E-state index < -0.39 is 0 Å². The average molecular weight is 441 g/mol. The second-order valence-corrected chi connectivity index (χ2v) is 7.96. The van der Waals surface area contributed by atoms with Crippen LogP contribution in [-0.2, 0) is 14.3 Å². The molecule has 0 bridgehead atoms. The Bertz CT molecular complexity index is 905. The van der Waals surface area contributed by atoms with Crippen molar-refractivity contribution in [3.05, 3.63) is 59.2 Å². The van der Waals surface area contributed by atoms with Crippen molar-refractivity contribution >= 4 is 17.5 Å². The molecule has 2 aromatic rings. The Hall–Kier alpha value is -2.90. The van der Waals surface area contributed by atoms with Crippen molar-refractivity contribution in [2.24, 2.45) is 0 Å². The molecule has 0 aromatic heterocycles. The van der Waals surface area contributed by atoms with Crippen LogP contribution in [0.3, 0.4) is 0 Å². The smallest absolute Gasteiger partial charge is 0.253 e. The van der Waals surface area contributed by atoms with Gasteiger partial charge in [-0.05, 0) is 61.1 Å². The zero-order valence-corrected chi connectivity index (χ0v) is 19.1. The predicted octanol–water partition coefficient (Wildman–Crippen LogP) is 3.62. The van der Waals surface area contributed by atoms with Crippen LogP contribution in [0.2, 0.25) is 0 Å². The summed E-state index contributed by atoms with van der Waals surface area (Å²) in [6, 6.07) is 13.6. The quantitative estimate of drug-likeness (QED) is 0.603. The van der Waals surface area contributed by atoms with Gasteiger partial charge in [-0.25, -0.2) is 0 Å². The minimum absolute atomic E-state index is 0.00924. The first-order chi connectivity index (χ1) is 15.5. The van der Waals surface area contributed by atoms with E-state index in [1.165, 1.54) is 5.56 Å². The van der Waals surface area contributed by atoms with Crippen molar-refractivity contribution in [2.75, 3.05) is 52.4 Å². The molecule has 0 saturated carbocycles. The van der Waals surface area contributed by atoms with Crippen molar-refractivity contribution < 1.29 is 23.8 Å². The molecule has 0 atom stereocenters. The van der Waals surface area contributed by atoms with E-state index >= 15 is 0 Å². The topological polar surface area (TPSA) is 77.1 Å². The fourth-order valence-electron chi connectivity index (χ4n) is 3.86. The number of hydrogen-bond acceptors (Lipinski definition) is 5. The summed E-state index contributed by atoms with van der Waals surface area (Å²) < 4.78 is 15.4. The third-order valence-corrected chi connectivity index (χ3v) is 5.79. The lowest BCUT2D eigenvalue weighted by atomic mass is 9.89. The number of methoxy groups -OCH3 is 2. The van der Waals surface area contributed by atoms with Crippen LogP contribution in [-0.4, -0.2) is 63.8 Å². The third-order valence-electron chi connectivity index (χ3n) is 5.79. The lowest BCUT2D eigenvalue weighted by Crippen LogP contribution is -2.38. The van der Waals surface area contributed by atoms with E-state index in [2.05, 4.69) is 17.4 Å². The van der Waals surface area contributed by atoms with Crippen LogP contribution in [0.1, 0.15) is 40.2 Å². The molecule has 1 heterocycles. The molecular weight excluding hydrogens is 408 g/mol. The number of ether oxygens (including phenoxy) is 3. The van der Waals surface area contributed by atoms with Crippen molar-refractivity contribution in [1.82, 2.24) is 4.90 Å². The maximum absolute atomic E-state index is 13.1. The van der Waals surface area contributed by atoms with Crippen LogP contribution >= 0.6 is 0 Å². The fraction of sp³-hybridized carbons (Fsp3) is 0.440. The van der Waals surface area contributed by atoms with E-state index in [1.54, 1.807) is 20.3 Å². The number of nitrogens with one attached hydrogen (secondary N) is 1. The fourth-order valence-corrected chi connectivity index (χ4v) is 3.86. The standard InChI is InChI=1S/C25H32N2O5/c1-18-4-5-21(16-23(18)26-24(28)17-32-15-14-30-2)25(29)27-12-10-20(11-13-27)19-6-8-22(31-3)9-7-19/h4-9,16,20H,10-15,17H2,1-3H3,(H,26,28). The first kappa shape index (κ1) is 23.8. The monoisotopic (exact) mass is 440 g/mol. The maximum Gasteiger partial charge on any atom is 0.253 e. The summed E-state index contributed by atoms with van der Waals surface area (Å²) in [7, 11) is 3.24.